The van der Waals surface area contributed by atoms with E-state index in [4.69, 9.17) is 30.6 Å². The summed E-state index contributed by atoms with van der Waals surface area (Å²) in [5.41, 5.74) is 0. The van der Waals surface area contributed by atoms with Gasteiger partial charge >= 0.3 is 0 Å². The fourth-order valence-corrected chi connectivity index (χ4v) is 0. The molecule has 0 saturated carbocycles. The maximum absolute atomic E-state index is 8.25. The minimum Gasteiger partial charge on any atom is -0.356 e. The van der Waals surface area contributed by atoms with Crippen molar-refractivity contribution < 1.29 is 36.0 Å². The summed E-state index contributed by atoms with van der Waals surface area (Å²) in [6, 6.07) is 0. The van der Waals surface area contributed by atoms with Crippen LogP contribution in [0, 0.1) is 30.6 Å². The standard InChI is InChI=1S/Hf.2NO3/c;2*2-1(3)4/q;2*-1. The SMILES string of the molecule is O=[N+]([O-])[O-].O=[N+]([O-])[O-].[Hf]. The third kappa shape index (κ3) is 379. The van der Waals surface area contributed by atoms with E-state index in [9.17, 15) is 0 Å². The maximum Gasteiger partial charge on any atom is 0.0689 e. The van der Waals surface area contributed by atoms with E-state index in [0.717, 1.165) is 0 Å². The Kier molecular flexibility index (Phi) is 18.0. The maximum atomic E-state index is 8.25. The van der Waals surface area contributed by atoms with Gasteiger partial charge in [0.1, 0.15) is 0 Å². The summed E-state index contributed by atoms with van der Waals surface area (Å²) in [5, 5.41) is 29.5. The molecule has 0 spiro atoms. The molecule has 52 valence electrons. The Bertz CT molecular complexity index is 69.1. The van der Waals surface area contributed by atoms with Crippen LogP contribution in [0.15, 0.2) is 0 Å². The average molecular weight is 302 g/mol. The molecule has 0 rings (SSSR count). The molecule has 0 saturated heterocycles. The number of hydrogen-bond acceptors (Lipinski definition) is 6. The van der Waals surface area contributed by atoms with Gasteiger partial charge in [-0.3, -0.25) is 0 Å². The summed E-state index contributed by atoms with van der Waals surface area (Å²) in [4.78, 5) is 16.5. The van der Waals surface area contributed by atoms with Gasteiger partial charge in [-0.1, -0.05) is 0 Å². The van der Waals surface area contributed by atoms with E-state index in [2.05, 4.69) is 0 Å². The fraction of sp³-hybridized carbons (Fsp3) is 0. The van der Waals surface area contributed by atoms with Gasteiger partial charge in [-0.15, -0.1) is 0 Å². The third-order valence-electron chi connectivity index (χ3n) is 0. The second-order valence-electron chi connectivity index (χ2n) is 0.447. The molecule has 9 heteroatoms. The molecule has 0 aromatic carbocycles. The molecule has 0 N–H and O–H groups in total. The van der Waals surface area contributed by atoms with Crippen molar-refractivity contribution in [2.45, 2.75) is 0 Å². The number of hydrogen-bond donors (Lipinski definition) is 0. The first-order chi connectivity index (χ1) is 3.46. The van der Waals surface area contributed by atoms with Crippen molar-refractivity contribution >= 4 is 0 Å². The molecule has 0 aliphatic heterocycles. The Morgan fingerprint density at radius 2 is 0.778 bits per heavy atom. The van der Waals surface area contributed by atoms with Crippen molar-refractivity contribution in [2.24, 2.45) is 0 Å². The van der Waals surface area contributed by atoms with Gasteiger partial charge in [0.25, 0.3) is 0 Å². The zero-order valence-corrected chi connectivity index (χ0v) is 7.44. The van der Waals surface area contributed by atoms with Crippen LogP contribution in [0.5, 0.6) is 0 Å². The summed E-state index contributed by atoms with van der Waals surface area (Å²) in [6.45, 7) is 0. The predicted molar refractivity (Wildman–Crippen MR) is 20.7 cm³/mol. The molecule has 0 aliphatic carbocycles. The zero-order valence-electron chi connectivity index (χ0n) is 3.84. The van der Waals surface area contributed by atoms with Gasteiger partial charge in [-0.05, 0) is 0 Å². The summed E-state index contributed by atoms with van der Waals surface area (Å²) >= 11 is 0. The Morgan fingerprint density at radius 3 is 0.778 bits per heavy atom. The molecule has 0 aliphatic rings. The first-order valence-corrected chi connectivity index (χ1v) is 1.10. The van der Waals surface area contributed by atoms with E-state index in [0.29, 0.717) is 0 Å². The van der Waals surface area contributed by atoms with Crippen LogP contribution in [-0.2, 0) is 25.8 Å². The van der Waals surface area contributed by atoms with E-state index in [1.165, 1.54) is 0 Å². The van der Waals surface area contributed by atoms with Gasteiger partial charge in [0, 0.05) is 25.8 Å². The summed E-state index contributed by atoms with van der Waals surface area (Å²) in [6.07, 6.45) is 0. The van der Waals surface area contributed by atoms with Crippen LogP contribution in [-0.4, -0.2) is 10.2 Å². The Morgan fingerprint density at radius 1 is 0.778 bits per heavy atom. The molecule has 0 fully saturated rings. The minimum atomic E-state index is -1.75. The Labute approximate surface area is 67.1 Å². The van der Waals surface area contributed by atoms with Crippen LogP contribution in [0.4, 0.5) is 0 Å². The first kappa shape index (κ1) is 15.7. The monoisotopic (exact) mass is 304 g/mol. The molecular formula is HfN2O6-2. The van der Waals surface area contributed by atoms with Crippen molar-refractivity contribution in [1.29, 1.82) is 0 Å². The number of nitrogens with zero attached hydrogens (tertiary/aromatic N) is 2. The Balaban J connectivity index is -0.0000000720. The van der Waals surface area contributed by atoms with Crippen molar-refractivity contribution in [3.8, 4) is 0 Å². The molecule has 0 atom stereocenters. The molecule has 9 heavy (non-hydrogen) atoms. The molecule has 0 heterocycles. The third-order valence-corrected chi connectivity index (χ3v) is 0. The van der Waals surface area contributed by atoms with Gasteiger partial charge < -0.3 is 30.6 Å². The van der Waals surface area contributed by atoms with Gasteiger partial charge in [0.15, 0.2) is 0 Å². The van der Waals surface area contributed by atoms with E-state index in [1.54, 1.807) is 0 Å². The second kappa shape index (κ2) is 10.3. The van der Waals surface area contributed by atoms with Crippen molar-refractivity contribution in [3.05, 3.63) is 30.6 Å². The molecule has 0 aromatic heterocycles. The topological polar surface area (TPSA) is 132 Å². The smallest absolute Gasteiger partial charge is 0.0689 e. The van der Waals surface area contributed by atoms with E-state index >= 15 is 0 Å². The van der Waals surface area contributed by atoms with Crippen LogP contribution in [0.1, 0.15) is 0 Å². The predicted octanol–water partition coefficient (Wildman–Crippen LogP) is -0.481. The summed E-state index contributed by atoms with van der Waals surface area (Å²) < 4.78 is 0. The summed E-state index contributed by atoms with van der Waals surface area (Å²) in [7, 11) is 0. The number of rotatable bonds is 0. The molecular weight excluding hydrogens is 302 g/mol. The minimum absolute atomic E-state index is 0. The van der Waals surface area contributed by atoms with Crippen molar-refractivity contribution in [3.63, 3.8) is 0 Å². The molecule has 0 radical (unpaired) electrons. The van der Waals surface area contributed by atoms with Crippen molar-refractivity contribution in [1.82, 2.24) is 0 Å². The summed E-state index contributed by atoms with van der Waals surface area (Å²) in [5.74, 6) is 0. The van der Waals surface area contributed by atoms with Crippen LogP contribution in [0.3, 0.4) is 0 Å². The molecule has 0 unspecified atom stereocenters. The molecule has 0 amide bonds. The van der Waals surface area contributed by atoms with Crippen LogP contribution < -0.4 is 0 Å². The normalized spacial score (nSPS) is 5.33. The van der Waals surface area contributed by atoms with Gasteiger partial charge in [-0.2, -0.15) is 0 Å². The molecule has 8 nitrogen and oxygen atoms in total. The first-order valence-electron chi connectivity index (χ1n) is 1.10. The Hall–Kier alpha value is -0.730. The quantitative estimate of drug-likeness (QED) is 0.337. The average Bonchev–Trinajstić information content (AvgIpc) is 1.25. The van der Waals surface area contributed by atoms with Crippen LogP contribution in [0.2, 0.25) is 0 Å². The van der Waals surface area contributed by atoms with Crippen LogP contribution in [0.25, 0.3) is 0 Å². The second-order valence-corrected chi connectivity index (χ2v) is 0.447. The zero-order chi connectivity index (χ0) is 7.15. The van der Waals surface area contributed by atoms with E-state index in [-0.39, 0.29) is 25.8 Å². The molecule has 0 bridgehead atoms. The van der Waals surface area contributed by atoms with Gasteiger partial charge in [-0.25, -0.2) is 0 Å². The fourth-order valence-electron chi connectivity index (χ4n) is 0. The molecule has 0 aromatic rings. The largest absolute Gasteiger partial charge is 0.356 e. The van der Waals surface area contributed by atoms with Crippen molar-refractivity contribution in [2.75, 3.05) is 0 Å². The van der Waals surface area contributed by atoms with E-state index in [1.807, 2.05) is 0 Å². The van der Waals surface area contributed by atoms with Gasteiger partial charge in [0.2, 0.25) is 0 Å². The van der Waals surface area contributed by atoms with Crippen LogP contribution >= 0.6 is 0 Å². The van der Waals surface area contributed by atoms with E-state index < -0.39 is 10.2 Å². The van der Waals surface area contributed by atoms with Gasteiger partial charge in [0.05, 0.1) is 10.2 Å².